The van der Waals surface area contributed by atoms with Gasteiger partial charge in [0.1, 0.15) is 6.61 Å². The number of alkyl halides is 2. The number of hydrogen-bond donors (Lipinski definition) is 3. The standard InChI is InChI=1S/C26H22F2N2O5/c1-15-7-6-12-21(22(15)23(31)32)30-24(33)26(27,28)14-29-25(34)35-13-20-18-10-4-2-8-16(18)17-9-3-5-11-19(17)20/h2-12,20H,13-14H2,1H3,(H,29,34)(H,30,33)(H,31,32). The van der Waals surface area contributed by atoms with Gasteiger partial charge in [-0.2, -0.15) is 8.78 Å². The molecule has 0 unspecified atom stereocenters. The fourth-order valence-corrected chi connectivity index (χ4v) is 4.18. The van der Waals surface area contributed by atoms with Crippen molar-refractivity contribution in [3.8, 4) is 11.1 Å². The molecule has 1 aliphatic rings. The molecule has 0 saturated heterocycles. The van der Waals surface area contributed by atoms with Gasteiger partial charge in [0.15, 0.2) is 0 Å². The number of nitrogens with one attached hydrogen (secondary N) is 2. The van der Waals surface area contributed by atoms with Crippen molar-refractivity contribution < 1.29 is 33.0 Å². The van der Waals surface area contributed by atoms with Gasteiger partial charge in [-0.05, 0) is 40.8 Å². The number of halogens is 2. The molecule has 4 rings (SSSR count). The van der Waals surface area contributed by atoms with Gasteiger partial charge in [-0.15, -0.1) is 0 Å². The minimum absolute atomic E-state index is 0.0666. The van der Waals surface area contributed by atoms with E-state index in [0.717, 1.165) is 22.3 Å². The fraction of sp³-hybridized carbons (Fsp3) is 0.192. The first kappa shape index (κ1) is 23.9. The van der Waals surface area contributed by atoms with E-state index in [1.165, 1.54) is 25.1 Å². The molecular formula is C26H22F2N2O5. The average Bonchev–Trinajstić information content (AvgIpc) is 3.15. The summed E-state index contributed by atoms with van der Waals surface area (Å²) >= 11 is 0. The normalized spacial score (nSPS) is 12.4. The molecule has 0 aliphatic heterocycles. The van der Waals surface area contributed by atoms with Gasteiger partial charge in [0.05, 0.1) is 17.8 Å². The van der Waals surface area contributed by atoms with Gasteiger partial charge >= 0.3 is 18.0 Å². The van der Waals surface area contributed by atoms with Gasteiger partial charge in [-0.3, -0.25) is 4.79 Å². The Kier molecular flexibility index (Phi) is 6.50. The van der Waals surface area contributed by atoms with Crippen LogP contribution in [0, 0.1) is 6.92 Å². The van der Waals surface area contributed by atoms with Gasteiger partial charge in [-0.1, -0.05) is 60.7 Å². The summed E-state index contributed by atoms with van der Waals surface area (Å²) in [4.78, 5) is 35.7. The summed E-state index contributed by atoms with van der Waals surface area (Å²) in [6.07, 6.45) is -1.10. The highest BCUT2D eigenvalue weighted by atomic mass is 19.3. The van der Waals surface area contributed by atoms with Gasteiger partial charge in [0, 0.05) is 5.92 Å². The minimum atomic E-state index is -4.01. The van der Waals surface area contributed by atoms with Gasteiger partial charge in [0.2, 0.25) is 0 Å². The summed E-state index contributed by atoms with van der Waals surface area (Å²) in [5.74, 6) is -7.36. The number of carbonyl (C=O) groups excluding carboxylic acids is 2. The van der Waals surface area contributed by atoms with Gasteiger partial charge in [-0.25, -0.2) is 9.59 Å². The second kappa shape index (κ2) is 9.54. The zero-order chi connectivity index (χ0) is 25.2. The first-order chi connectivity index (χ1) is 16.7. The van der Waals surface area contributed by atoms with E-state index in [9.17, 15) is 28.3 Å². The Hall–Kier alpha value is -4.27. The smallest absolute Gasteiger partial charge is 0.407 e. The maximum Gasteiger partial charge on any atom is 0.407 e. The third-order valence-corrected chi connectivity index (χ3v) is 5.87. The van der Waals surface area contributed by atoms with Gasteiger partial charge < -0.3 is 20.5 Å². The number of amides is 2. The number of rotatable bonds is 7. The van der Waals surface area contributed by atoms with E-state index < -0.39 is 30.4 Å². The third kappa shape index (κ3) is 4.84. The molecule has 0 saturated carbocycles. The number of hydrogen-bond acceptors (Lipinski definition) is 4. The van der Waals surface area contributed by atoms with Crippen molar-refractivity contribution in [2.45, 2.75) is 18.8 Å². The van der Waals surface area contributed by atoms with Crippen LogP contribution >= 0.6 is 0 Å². The Morgan fingerprint density at radius 3 is 2.14 bits per heavy atom. The topological polar surface area (TPSA) is 105 Å². The quantitative estimate of drug-likeness (QED) is 0.450. The van der Waals surface area contributed by atoms with E-state index in [1.807, 2.05) is 59.2 Å². The number of aryl methyl sites for hydroxylation is 1. The fourth-order valence-electron chi connectivity index (χ4n) is 4.18. The zero-order valence-electron chi connectivity index (χ0n) is 18.7. The Morgan fingerprint density at radius 2 is 1.54 bits per heavy atom. The highest BCUT2D eigenvalue weighted by molar-refractivity contribution is 6.03. The van der Waals surface area contributed by atoms with Crippen molar-refractivity contribution >= 4 is 23.7 Å². The van der Waals surface area contributed by atoms with Crippen LogP contribution in [0.15, 0.2) is 66.7 Å². The highest BCUT2D eigenvalue weighted by Crippen LogP contribution is 2.44. The van der Waals surface area contributed by atoms with Crippen molar-refractivity contribution in [1.82, 2.24) is 5.32 Å². The Labute approximate surface area is 199 Å². The van der Waals surface area contributed by atoms with Crippen molar-refractivity contribution in [3.63, 3.8) is 0 Å². The molecule has 0 radical (unpaired) electrons. The third-order valence-electron chi connectivity index (χ3n) is 5.87. The summed E-state index contributed by atoms with van der Waals surface area (Å²) in [5, 5.41) is 13.2. The van der Waals surface area contributed by atoms with Crippen LogP contribution < -0.4 is 10.6 Å². The van der Waals surface area contributed by atoms with Crippen LogP contribution in [0.2, 0.25) is 0 Å². The minimum Gasteiger partial charge on any atom is -0.478 e. The molecule has 2 amide bonds. The molecule has 3 N–H and O–H groups in total. The Balaban J connectivity index is 1.36. The summed E-state index contributed by atoms with van der Waals surface area (Å²) in [6.45, 7) is 0.0998. The van der Waals surface area contributed by atoms with Crippen molar-refractivity contribution in [2.24, 2.45) is 0 Å². The van der Waals surface area contributed by atoms with E-state index >= 15 is 0 Å². The number of alkyl carbamates (subject to hydrolysis) is 1. The molecule has 7 nitrogen and oxygen atoms in total. The first-order valence-electron chi connectivity index (χ1n) is 10.8. The van der Waals surface area contributed by atoms with Crippen LogP contribution in [0.1, 0.15) is 33.0 Å². The molecule has 0 aromatic heterocycles. The molecule has 0 spiro atoms. The molecule has 1 aliphatic carbocycles. The molecule has 0 atom stereocenters. The molecule has 35 heavy (non-hydrogen) atoms. The molecule has 3 aromatic rings. The van der Waals surface area contributed by atoms with E-state index in [-0.39, 0.29) is 23.8 Å². The summed E-state index contributed by atoms with van der Waals surface area (Å²) in [7, 11) is 0. The van der Waals surface area contributed by atoms with E-state index in [4.69, 9.17) is 4.74 Å². The number of fused-ring (bicyclic) bond motifs is 3. The van der Waals surface area contributed by atoms with Gasteiger partial charge in [0.25, 0.3) is 5.91 Å². The van der Waals surface area contributed by atoms with Crippen LogP contribution in [-0.2, 0) is 9.53 Å². The molecule has 3 aromatic carbocycles. The lowest BCUT2D eigenvalue weighted by Crippen LogP contribution is -2.45. The number of ether oxygens (including phenoxy) is 1. The average molecular weight is 480 g/mol. The van der Waals surface area contributed by atoms with E-state index in [1.54, 1.807) is 0 Å². The second-order valence-electron chi connectivity index (χ2n) is 8.14. The summed E-state index contributed by atoms with van der Waals surface area (Å²) in [5.41, 5.74) is 3.74. The van der Waals surface area contributed by atoms with Crippen LogP contribution in [0.5, 0.6) is 0 Å². The number of benzene rings is 3. The van der Waals surface area contributed by atoms with Crippen molar-refractivity contribution in [2.75, 3.05) is 18.5 Å². The number of carbonyl (C=O) groups is 3. The van der Waals surface area contributed by atoms with Crippen LogP contribution in [0.4, 0.5) is 19.3 Å². The van der Waals surface area contributed by atoms with Crippen molar-refractivity contribution in [3.05, 3.63) is 89.0 Å². The van der Waals surface area contributed by atoms with Crippen LogP contribution in [-0.4, -0.2) is 42.2 Å². The van der Waals surface area contributed by atoms with Crippen LogP contribution in [0.25, 0.3) is 11.1 Å². The lowest BCUT2D eigenvalue weighted by atomic mass is 9.98. The number of carboxylic acids is 1. The molecular weight excluding hydrogens is 458 g/mol. The molecule has 180 valence electrons. The number of anilines is 1. The largest absolute Gasteiger partial charge is 0.478 e. The maximum absolute atomic E-state index is 14.4. The predicted octanol–water partition coefficient (Wildman–Crippen LogP) is 4.81. The second-order valence-corrected chi connectivity index (χ2v) is 8.14. The molecule has 0 bridgehead atoms. The highest BCUT2D eigenvalue weighted by Gasteiger charge is 2.40. The molecule has 0 fully saturated rings. The maximum atomic E-state index is 14.4. The lowest BCUT2D eigenvalue weighted by Gasteiger charge is -2.19. The molecule has 9 heteroatoms. The predicted molar refractivity (Wildman–Crippen MR) is 125 cm³/mol. The lowest BCUT2D eigenvalue weighted by molar-refractivity contribution is -0.138. The first-order valence-corrected chi connectivity index (χ1v) is 10.8. The Bertz CT molecular complexity index is 1260. The van der Waals surface area contributed by atoms with Crippen molar-refractivity contribution in [1.29, 1.82) is 0 Å². The zero-order valence-corrected chi connectivity index (χ0v) is 18.7. The SMILES string of the molecule is Cc1cccc(NC(=O)C(F)(F)CNC(=O)OCC2c3ccccc3-c3ccccc32)c1C(=O)O. The summed E-state index contributed by atoms with van der Waals surface area (Å²) in [6, 6.07) is 19.5. The van der Waals surface area contributed by atoms with Crippen LogP contribution in [0.3, 0.4) is 0 Å². The molecule has 0 heterocycles. The summed E-state index contributed by atoms with van der Waals surface area (Å²) < 4.78 is 34.0. The Morgan fingerprint density at radius 1 is 0.943 bits per heavy atom. The number of carboxylic acid groups (broad SMARTS) is 1. The monoisotopic (exact) mass is 480 g/mol. The van der Waals surface area contributed by atoms with E-state index in [2.05, 4.69) is 0 Å². The number of aromatic carboxylic acids is 1. The van der Waals surface area contributed by atoms with E-state index in [0.29, 0.717) is 5.56 Å².